The lowest BCUT2D eigenvalue weighted by Crippen LogP contribution is -2.30. The first-order chi connectivity index (χ1) is 49.8. The van der Waals surface area contributed by atoms with Gasteiger partial charge in [0, 0.05) is 25.7 Å². The van der Waals surface area contributed by atoms with Crippen molar-refractivity contribution in [3.05, 3.63) is 0 Å². The molecule has 0 spiro atoms. The van der Waals surface area contributed by atoms with Crippen LogP contribution < -0.4 is 0 Å². The lowest BCUT2D eigenvalue weighted by atomic mass is 9.99. The fourth-order valence-electron chi connectivity index (χ4n) is 13.0. The van der Waals surface area contributed by atoms with Crippen molar-refractivity contribution < 1.29 is 80.2 Å². The van der Waals surface area contributed by atoms with Gasteiger partial charge in [0.25, 0.3) is 0 Å². The molecule has 103 heavy (non-hydrogen) atoms. The van der Waals surface area contributed by atoms with Crippen LogP contribution in [-0.4, -0.2) is 96.7 Å². The Hall–Kier alpha value is -1.94. The molecular weight excluding hydrogens is 1340 g/mol. The van der Waals surface area contributed by atoms with E-state index in [1.807, 2.05) is 0 Å². The topological polar surface area (TPSA) is 237 Å². The number of hydrogen-bond donors (Lipinski definition) is 3. The first kappa shape index (κ1) is 101. The van der Waals surface area contributed by atoms with Crippen molar-refractivity contribution in [2.75, 3.05) is 39.6 Å². The maximum atomic E-state index is 13.1. The largest absolute Gasteiger partial charge is 0.472 e. The van der Waals surface area contributed by atoms with Crippen LogP contribution >= 0.6 is 15.6 Å². The highest BCUT2D eigenvalue weighted by Gasteiger charge is 2.30. The van der Waals surface area contributed by atoms with Crippen molar-refractivity contribution in [2.45, 2.75) is 458 Å². The van der Waals surface area contributed by atoms with E-state index in [4.69, 9.17) is 37.0 Å². The second-order valence-corrected chi connectivity index (χ2v) is 34.1. The summed E-state index contributed by atoms with van der Waals surface area (Å²) in [5.74, 6) is 0.306. The summed E-state index contributed by atoms with van der Waals surface area (Å²) in [5.41, 5.74) is 0. The van der Waals surface area contributed by atoms with E-state index in [0.29, 0.717) is 25.7 Å². The second kappa shape index (κ2) is 74.2. The van der Waals surface area contributed by atoms with Gasteiger partial charge in [-0.1, -0.05) is 389 Å². The zero-order chi connectivity index (χ0) is 75.8. The number of phosphoric acid groups is 2. The van der Waals surface area contributed by atoms with Gasteiger partial charge < -0.3 is 33.8 Å². The molecule has 0 aromatic carbocycles. The molecule has 4 unspecified atom stereocenters. The van der Waals surface area contributed by atoms with E-state index < -0.39 is 97.5 Å². The van der Waals surface area contributed by atoms with Crippen molar-refractivity contribution in [1.29, 1.82) is 0 Å². The number of hydrogen-bond acceptors (Lipinski definition) is 15. The summed E-state index contributed by atoms with van der Waals surface area (Å²) in [5, 5.41) is 10.7. The molecule has 0 saturated carbocycles. The first-order valence-electron chi connectivity index (χ1n) is 43.4. The third-order valence-electron chi connectivity index (χ3n) is 20.4. The number of rotatable bonds is 82. The number of aliphatic hydroxyl groups is 1. The van der Waals surface area contributed by atoms with Gasteiger partial charge in [0.15, 0.2) is 12.2 Å². The van der Waals surface area contributed by atoms with Gasteiger partial charge in [0.1, 0.15) is 19.3 Å². The monoisotopic (exact) mass is 1510 g/mol. The molecule has 0 aliphatic heterocycles. The maximum absolute atomic E-state index is 13.1. The Morgan fingerprint density at radius 3 is 0.738 bits per heavy atom. The number of unbranched alkanes of at least 4 members (excludes halogenated alkanes) is 48. The number of phosphoric ester groups is 2. The molecule has 7 atom stereocenters. The molecule has 0 amide bonds. The summed E-state index contributed by atoms with van der Waals surface area (Å²) in [6, 6.07) is 0. The van der Waals surface area contributed by atoms with Crippen molar-refractivity contribution in [3.8, 4) is 0 Å². The van der Waals surface area contributed by atoms with E-state index in [1.54, 1.807) is 0 Å². The standard InChI is InChI=1S/C84H164O17P2/c1-8-11-12-13-14-15-16-33-39-44-53-60-67-83(88)101-80(72-95-82(87)66-59-52-47-46-50-57-64-77(7)10-3)74-99-103(92,93)97-70-78(85)69-96-102(90,91)98-73-79(71-94-81(86)65-58-51-43-38-34-29-25-22-21-23-27-31-36-41-48-55-62-75(4)5)100-84(89)68-61-54-45-40-35-30-26-20-18-17-19-24-28-32-37-42-49-56-63-76(6)9-2/h75-80,85H,8-74H2,1-7H3,(H,90,91)(H,92,93)/t76?,77?,78-,79-,80-/m1/s1. The highest BCUT2D eigenvalue weighted by atomic mass is 31.2. The average Bonchev–Trinajstić information content (AvgIpc) is 1.74. The molecule has 0 aromatic rings. The van der Waals surface area contributed by atoms with E-state index >= 15 is 0 Å². The summed E-state index contributed by atoms with van der Waals surface area (Å²) < 4.78 is 68.8. The van der Waals surface area contributed by atoms with Gasteiger partial charge in [-0.2, -0.15) is 0 Å². The van der Waals surface area contributed by atoms with Crippen LogP contribution in [0.3, 0.4) is 0 Å². The van der Waals surface area contributed by atoms with Crippen molar-refractivity contribution >= 4 is 39.5 Å². The van der Waals surface area contributed by atoms with Crippen LogP contribution in [0.5, 0.6) is 0 Å². The zero-order valence-corrected chi connectivity index (χ0v) is 69.6. The van der Waals surface area contributed by atoms with Crippen molar-refractivity contribution in [2.24, 2.45) is 17.8 Å². The molecular formula is C84H164O17P2. The Morgan fingerprint density at radius 2 is 0.495 bits per heavy atom. The molecule has 0 bridgehead atoms. The van der Waals surface area contributed by atoms with E-state index in [1.165, 1.54) is 244 Å². The van der Waals surface area contributed by atoms with Gasteiger partial charge in [0.2, 0.25) is 0 Å². The molecule has 3 N–H and O–H groups in total. The molecule has 0 aromatic heterocycles. The number of esters is 4. The van der Waals surface area contributed by atoms with Crippen molar-refractivity contribution in [1.82, 2.24) is 0 Å². The van der Waals surface area contributed by atoms with Crippen molar-refractivity contribution in [3.63, 3.8) is 0 Å². The molecule has 0 radical (unpaired) electrons. The van der Waals surface area contributed by atoms with Gasteiger partial charge in [-0.05, 0) is 43.4 Å². The lowest BCUT2D eigenvalue weighted by Gasteiger charge is -2.21. The summed E-state index contributed by atoms with van der Waals surface area (Å²) in [7, 11) is -9.92. The Kier molecular flexibility index (Phi) is 72.8. The number of carbonyl (C=O) groups is 4. The third kappa shape index (κ3) is 75.3. The van der Waals surface area contributed by atoms with Crippen LogP contribution in [0.25, 0.3) is 0 Å². The summed E-state index contributed by atoms with van der Waals surface area (Å²) >= 11 is 0. The maximum Gasteiger partial charge on any atom is 0.472 e. The van der Waals surface area contributed by atoms with E-state index in [9.17, 15) is 43.2 Å². The van der Waals surface area contributed by atoms with E-state index in [0.717, 1.165) is 114 Å². The molecule has 0 aliphatic carbocycles. The Balaban J connectivity index is 5.21. The second-order valence-electron chi connectivity index (χ2n) is 31.2. The average molecular weight is 1510 g/mol. The van der Waals surface area contributed by atoms with Gasteiger partial charge in [-0.3, -0.25) is 37.3 Å². The minimum absolute atomic E-state index is 0.106. The molecule has 0 aliphatic rings. The summed E-state index contributed by atoms with van der Waals surface area (Å²) in [6.45, 7) is 12.0. The quantitative estimate of drug-likeness (QED) is 0.0222. The fraction of sp³-hybridized carbons (Fsp3) is 0.952. The Labute approximate surface area is 632 Å². The van der Waals surface area contributed by atoms with Gasteiger partial charge >= 0.3 is 39.5 Å². The fourth-order valence-corrected chi connectivity index (χ4v) is 14.5. The SMILES string of the molecule is CCCCCCCCCCCCCCC(=O)O[C@H](COC(=O)CCCCCCCCC(C)CC)COP(=O)(O)OC[C@H](O)COP(=O)(O)OC[C@@H](COC(=O)CCCCCCCCCCCCCCCCCCC(C)C)OC(=O)CCCCCCCCCCCCCCCCCCCCC(C)CC. The summed E-state index contributed by atoms with van der Waals surface area (Å²) in [6.07, 6.45) is 63.9. The molecule has 0 saturated heterocycles. The Morgan fingerprint density at radius 1 is 0.282 bits per heavy atom. The van der Waals surface area contributed by atoms with Crippen LogP contribution in [0.4, 0.5) is 0 Å². The third-order valence-corrected chi connectivity index (χ3v) is 22.3. The predicted molar refractivity (Wildman–Crippen MR) is 423 cm³/mol. The van der Waals surface area contributed by atoms with Crippen LogP contribution in [0.15, 0.2) is 0 Å². The van der Waals surface area contributed by atoms with Crippen LogP contribution in [0.1, 0.15) is 440 Å². The normalized spacial score (nSPS) is 14.4. The van der Waals surface area contributed by atoms with Gasteiger partial charge in [0.05, 0.1) is 26.4 Å². The smallest absolute Gasteiger partial charge is 0.462 e. The van der Waals surface area contributed by atoms with Crippen LogP contribution in [0.2, 0.25) is 0 Å². The van der Waals surface area contributed by atoms with Crippen LogP contribution in [-0.2, 0) is 65.4 Å². The van der Waals surface area contributed by atoms with Gasteiger partial charge in [-0.15, -0.1) is 0 Å². The predicted octanol–water partition coefficient (Wildman–Crippen LogP) is 25.3. The first-order valence-corrected chi connectivity index (χ1v) is 46.4. The molecule has 19 heteroatoms. The number of carbonyl (C=O) groups excluding carboxylic acids is 4. The summed E-state index contributed by atoms with van der Waals surface area (Å²) in [4.78, 5) is 73.1. The lowest BCUT2D eigenvalue weighted by molar-refractivity contribution is -0.161. The molecule has 17 nitrogen and oxygen atoms in total. The van der Waals surface area contributed by atoms with Gasteiger partial charge in [-0.25, -0.2) is 9.13 Å². The minimum atomic E-state index is -4.96. The minimum Gasteiger partial charge on any atom is -0.462 e. The number of aliphatic hydroxyl groups excluding tert-OH is 1. The molecule has 0 fully saturated rings. The highest BCUT2D eigenvalue weighted by molar-refractivity contribution is 7.47. The molecule has 612 valence electrons. The van der Waals surface area contributed by atoms with Crippen LogP contribution in [0, 0.1) is 17.8 Å². The number of ether oxygens (including phenoxy) is 4. The molecule has 0 heterocycles. The molecule has 0 rings (SSSR count). The zero-order valence-electron chi connectivity index (χ0n) is 67.8. The van der Waals surface area contributed by atoms with E-state index in [-0.39, 0.29) is 25.7 Å². The Bertz CT molecular complexity index is 2000. The highest BCUT2D eigenvalue weighted by Crippen LogP contribution is 2.45. The van der Waals surface area contributed by atoms with E-state index in [2.05, 4.69) is 48.5 Å².